The van der Waals surface area contributed by atoms with Crippen LogP contribution in [0.2, 0.25) is 0 Å². The summed E-state index contributed by atoms with van der Waals surface area (Å²) in [7, 11) is 0. The van der Waals surface area contributed by atoms with Crippen molar-refractivity contribution >= 4 is 17.7 Å². The molecule has 3 aromatic rings. The Balaban J connectivity index is 1.75. The zero-order valence-electron chi connectivity index (χ0n) is 14.2. The average molecular weight is 371 g/mol. The number of nitrogens with zero attached hydrogens (tertiary/aromatic N) is 2. The number of para-hydroxylation sites is 1. The molecule has 6 nitrogen and oxygen atoms in total. The molecule has 0 atom stereocenters. The lowest BCUT2D eigenvalue weighted by Crippen LogP contribution is -2.09. The highest BCUT2D eigenvalue weighted by Crippen LogP contribution is 2.24. The molecule has 1 heterocycles. The van der Waals surface area contributed by atoms with E-state index in [1.54, 1.807) is 30.3 Å². The van der Waals surface area contributed by atoms with E-state index in [0.29, 0.717) is 22.7 Å². The van der Waals surface area contributed by atoms with Gasteiger partial charge in [0.15, 0.2) is 0 Å². The minimum Gasteiger partial charge on any atom is -0.434 e. The summed E-state index contributed by atoms with van der Waals surface area (Å²) in [6, 6.07) is 11.5. The van der Waals surface area contributed by atoms with Crippen molar-refractivity contribution in [3.63, 3.8) is 0 Å². The number of benzene rings is 2. The number of amides is 1. The fraction of sp³-hybridized carbons (Fsp3) is 0.105. The van der Waals surface area contributed by atoms with E-state index in [4.69, 9.17) is 4.42 Å². The monoisotopic (exact) mass is 371 g/mol. The molecular formula is C19H15F2N3O3. The van der Waals surface area contributed by atoms with E-state index in [1.807, 2.05) is 13.0 Å². The first-order chi connectivity index (χ1) is 13.0. The van der Waals surface area contributed by atoms with Gasteiger partial charge in [-0.1, -0.05) is 24.3 Å². The van der Waals surface area contributed by atoms with E-state index >= 15 is 0 Å². The SMILES string of the molecule is Cc1ccc(-c2nnco2)cc1NC(=O)/C=C\c1ccccc1OC(F)F. The molecule has 8 heteroatoms. The van der Waals surface area contributed by atoms with Crippen LogP contribution in [0.1, 0.15) is 11.1 Å². The van der Waals surface area contributed by atoms with Crippen LogP contribution in [0.25, 0.3) is 17.5 Å². The molecule has 2 aromatic carbocycles. The Hall–Kier alpha value is -3.55. The molecule has 27 heavy (non-hydrogen) atoms. The smallest absolute Gasteiger partial charge is 0.387 e. The Bertz CT molecular complexity index is 957. The van der Waals surface area contributed by atoms with Crippen LogP contribution >= 0.6 is 0 Å². The van der Waals surface area contributed by atoms with Gasteiger partial charge in [0.2, 0.25) is 18.2 Å². The van der Waals surface area contributed by atoms with Crippen molar-refractivity contribution in [1.29, 1.82) is 0 Å². The minimum absolute atomic E-state index is 0.00822. The highest BCUT2D eigenvalue weighted by Gasteiger charge is 2.10. The molecule has 1 aromatic heterocycles. The zero-order valence-corrected chi connectivity index (χ0v) is 14.2. The van der Waals surface area contributed by atoms with E-state index in [9.17, 15) is 13.6 Å². The largest absolute Gasteiger partial charge is 0.434 e. The van der Waals surface area contributed by atoms with E-state index in [2.05, 4.69) is 20.3 Å². The molecule has 0 spiro atoms. The van der Waals surface area contributed by atoms with E-state index in [1.165, 1.54) is 24.6 Å². The molecule has 1 N–H and O–H groups in total. The van der Waals surface area contributed by atoms with Crippen molar-refractivity contribution in [3.05, 3.63) is 66.1 Å². The normalized spacial score (nSPS) is 11.1. The minimum atomic E-state index is -2.94. The van der Waals surface area contributed by atoms with Crippen LogP contribution in [0.4, 0.5) is 14.5 Å². The van der Waals surface area contributed by atoms with Crippen molar-refractivity contribution < 1.29 is 22.7 Å². The third-order valence-electron chi connectivity index (χ3n) is 3.65. The molecule has 1 amide bonds. The van der Waals surface area contributed by atoms with Gasteiger partial charge in [0.25, 0.3) is 0 Å². The van der Waals surface area contributed by atoms with Gasteiger partial charge in [-0.2, -0.15) is 8.78 Å². The molecule has 0 unspecified atom stereocenters. The molecule has 0 bridgehead atoms. The highest BCUT2D eigenvalue weighted by atomic mass is 19.3. The van der Waals surface area contributed by atoms with Gasteiger partial charge in [-0.05, 0) is 36.8 Å². The predicted molar refractivity (Wildman–Crippen MR) is 95.2 cm³/mol. The quantitative estimate of drug-likeness (QED) is 0.654. The number of carbonyl (C=O) groups is 1. The molecule has 0 aliphatic rings. The van der Waals surface area contributed by atoms with Crippen LogP contribution in [-0.4, -0.2) is 22.7 Å². The maximum absolute atomic E-state index is 12.4. The molecule has 0 saturated carbocycles. The molecule has 138 valence electrons. The van der Waals surface area contributed by atoms with Gasteiger partial charge in [0, 0.05) is 22.9 Å². The Morgan fingerprint density at radius 1 is 1.26 bits per heavy atom. The summed E-state index contributed by atoms with van der Waals surface area (Å²) in [6.07, 6.45) is 3.87. The number of aryl methyl sites for hydroxylation is 1. The van der Waals surface area contributed by atoms with Gasteiger partial charge < -0.3 is 14.5 Å². The first-order valence-electron chi connectivity index (χ1n) is 7.93. The number of ether oxygens (including phenoxy) is 1. The highest BCUT2D eigenvalue weighted by molar-refractivity contribution is 6.02. The number of halogens is 2. The zero-order chi connectivity index (χ0) is 19.2. The van der Waals surface area contributed by atoms with Crippen LogP contribution < -0.4 is 10.1 Å². The number of nitrogens with one attached hydrogen (secondary N) is 1. The number of carbonyl (C=O) groups excluding carboxylic acids is 1. The van der Waals surface area contributed by atoms with Gasteiger partial charge in [-0.3, -0.25) is 4.79 Å². The number of aromatic nitrogens is 2. The first-order valence-corrected chi connectivity index (χ1v) is 7.93. The van der Waals surface area contributed by atoms with Crippen molar-refractivity contribution in [2.24, 2.45) is 0 Å². The third-order valence-corrected chi connectivity index (χ3v) is 3.65. The topological polar surface area (TPSA) is 77.3 Å². The first kappa shape index (κ1) is 18.2. The number of anilines is 1. The van der Waals surface area contributed by atoms with Gasteiger partial charge in [-0.15, -0.1) is 10.2 Å². The van der Waals surface area contributed by atoms with Gasteiger partial charge in [0.05, 0.1) is 0 Å². The summed E-state index contributed by atoms with van der Waals surface area (Å²) < 4.78 is 34.5. The second-order valence-electron chi connectivity index (χ2n) is 5.51. The lowest BCUT2D eigenvalue weighted by Gasteiger charge is -2.09. The van der Waals surface area contributed by atoms with E-state index in [0.717, 1.165) is 5.56 Å². The summed E-state index contributed by atoms with van der Waals surface area (Å²) in [4.78, 5) is 12.2. The number of rotatable bonds is 6. The second-order valence-corrected chi connectivity index (χ2v) is 5.51. The fourth-order valence-corrected chi connectivity index (χ4v) is 2.35. The standard InChI is InChI=1S/C19H15F2N3O3/c1-12-6-7-14(18-24-22-11-26-18)10-15(12)23-17(25)9-8-13-4-2-3-5-16(13)27-19(20)21/h2-11,19H,1H3,(H,23,25)/b9-8-. The van der Waals surface area contributed by atoms with Gasteiger partial charge in [-0.25, -0.2) is 0 Å². The molecule has 0 saturated heterocycles. The number of hydrogen-bond donors (Lipinski definition) is 1. The Morgan fingerprint density at radius 2 is 2.07 bits per heavy atom. The van der Waals surface area contributed by atoms with Gasteiger partial charge >= 0.3 is 6.61 Å². The maximum atomic E-state index is 12.4. The molecule has 0 radical (unpaired) electrons. The Morgan fingerprint density at radius 3 is 2.81 bits per heavy atom. The molecule has 3 rings (SSSR count). The maximum Gasteiger partial charge on any atom is 0.387 e. The lowest BCUT2D eigenvalue weighted by atomic mass is 10.1. The van der Waals surface area contributed by atoms with Crippen LogP contribution in [-0.2, 0) is 4.79 Å². The molecule has 0 aliphatic heterocycles. The third kappa shape index (κ3) is 4.75. The lowest BCUT2D eigenvalue weighted by molar-refractivity contribution is -0.111. The summed E-state index contributed by atoms with van der Waals surface area (Å²) in [6.45, 7) is -1.11. The van der Waals surface area contributed by atoms with Crippen molar-refractivity contribution in [3.8, 4) is 17.2 Å². The summed E-state index contributed by atoms with van der Waals surface area (Å²) >= 11 is 0. The van der Waals surface area contributed by atoms with Crippen LogP contribution in [0.15, 0.2) is 59.4 Å². The summed E-state index contributed by atoms with van der Waals surface area (Å²) in [5, 5.41) is 10.2. The van der Waals surface area contributed by atoms with Crippen LogP contribution in [0, 0.1) is 6.92 Å². The number of alkyl halides is 2. The second kappa shape index (κ2) is 8.22. The fourth-order valence-electron chi connectivity index (χ4n) is 2.35. The summed E-state index contributed by atoms with van der Waals surface area (Å²) in [5.41, 5.74) is 2.43. The Kier molecular flexibility index (Phi) is 5.55. The Labute approximate surface area is 153 Å². The van der Waals surface area contributed by atoms with Crippen molar-refractivity contribution in [2.45, 2.75) is 13.5 Å². The van der Waals surface area contributed by atoms with Crippen molar-refractivity contribution in [1.82, 2.24) is 10.2 Å². The molecule has 0 fully saturated rings. The van der Waals surface area contributed by atoms with Crippen molar-refractivity contribution in [2.75, 3.05) is 5.32 Å². The molecule has 0 aliphatic carbocycles. The van der Waals surface area contributed by atoms with E-state index in [-0.39, 0.29) is 5.75 Å². The van der Waals surface area contributed by atoms with Crippen LogP contribution in [0.3, 0.4) is 0 Å². The average Bonchev–Trinajstić information content (AvgIpc) is 3.17. The molecular weight excluding hydrogens is 356 g/mol. The van der Waals surface area contributed by atoms with Gasteiger partial charge in [0.1, 0.15) is 5.75 Å². The predicted octanol–water partition coefficient (Wildman–Crippen LogP) is 4.30. The summed E-state index contributed by atoms with van der Waals surface area (Å²) in [5.74, 6) is -0.0992. The van der Waals surface area contributed by atoms with E-state index < -0.39 is 12.5 Å². The number of hydrogen-bond acceptors (Lipinski definition) is 5. The van der Waals surface area contributed by atoms with Crippen LogP contribution in [0.5, 0.6) is 5.75 Å².